The second kappa shape index (κ2) is 4.51. The molecule has 2 rings (SSSR count). The van der Waals surface area contributed by atoms with Gasteiger partial charge in [-0.05, 0) is 31.0 Å². The first-order chi connectivity index (χ1) is 7.70. The van der Waals surface area contributed by atoms with E-state index >= 15 is 0 Å². The number of nitrogens with one attached hydrogen (secondary N) is 1. The van der Waals surface area contributed by atoms with E-state index in [9.17, 15) is 9.18 Å². The lowest BCUT2D eigenvalue weighted by Gasteiger charge is -2.24. The highest BCUT2D eigenvalue weighted by molar-refractivity contribution is 5.75. The monoisotopic (exact) mass is 223 g/mol. The maximum Gasteiger partial charge on any atom is 0.311 e. The van der Waals surface area contributed by atoms with E-state index in [-0.39, 0.29) is 17.7 Å². The lowest BCUT2D eigenvalue weighted by Crippen LogP contribution is -2.31. The number of halogens is 1. The first kappa shape index (κ1) is 10.9. The largest absolute Gasteiger partial charge is 0.466 e. The minimum absolute atomic E-state index is 0.169. The molecule has 86 valence electrons. The number of hydrogen-bond acceptors (Lipinski definition) is 3. The van der Waals surface area contributed by atoms with Crippen LogP contribution in [0.2, 0.25) is 0 Å². The van der Waals surface area contributed by atoms with Gasteiger partial charge < -0.3 is 10.1 Å². The van der Waals surface area contributed by atoms with Gasteiger partial charge in [0.15, 0.2) is 0 Å². The molecule has 0 saturated heterocycles. The second-order valence-corrected chi connectivity index (χ2v) is 3.84. The maximum absolute atomic E-state index is 12.9. The Kier molecular flexibility index (Phi) is 3.08. The molecule has 0 bridgehead atoms. The Morgan fingerprint density at radius 1 is 1.62 bits per heavy atom. The molecule has 1 heterocycles. The van der Waals surface area contributed by atoms with Crippen molar-refractivity contribution in [2.75, 3.05) is 18.5 Å². The standard InChI is InChI=1S/C12H14FNO2/c1-2-16-12(15)9-5-8-3-4-10(13)6-11(8)14-7-9/h3-4,6,9,14H,2,5,7H2,1H3. The average Bonchev–Trinajstić information content (AvgIpc) is 2.28. The molecule has 3 nitrogen and oxygen atoms in total. The Balaban J connectivity index is 2.12. The Bertz CT molecular complexity index is 406. The SMILES string of the molecule is CCOC(=O)C1CNc2cc(F)ccc2C1. The van der Waals surface area contributed by atoms with Crippen molar-refractivity contribution < 1.29 is 13.9 Å². The smallest absolute Gasteiger partial charge is 0.311 e. The van der Waals surface area contributed by atoms with Crippen molar-refractivity contribution in [2.45, 2.75) is 13.3 Å². The fourth-order valence-electron chi connectivity index (χ4n) is 1.89. The zero-order chi connectivity index (χ0) is 11.5. The van der Waals surface area contributed by atoms with Crippen LogP contribution in [0.4, 0.5) is 10.1 Å². The molecule has 1 aliphatic heterocycles. The summed E-state index contributed by atoms with van der Waals surface area (Å²) in [6, 6.07) is 4.58. The van der Waals surface area contributed by atoms with Crippen LogP contribution in [0.15, 0.2) is 18.2 Å². The molecule has 16 heavy (non-hydrogen) atoms. The fourth-order valence-corrected chi connectivity index (χ4v) is 1.89. The molecule has 0 fully saturated rings. The number of ether oxygens (including phenoxy) is 1. The Morgan fingerprint density at radius 2 is 2.44 bits per heavy atom. The normalized spacial score (nSPS) is 18.5. The summed E-state index contributed by atoms with van der Waals surface area (Å²) in [5, 5.41) is 3.05. The number of carbonyl (C=O) groups is 1. The molecule has 0 aliphatic carbocycles. The van der Waals surface area contributed by atoms with Gasteiger partial charge in [0.2, 0.25) is 0 Å². The van der Waals surface area contributed by atoms with Crippen LogP contribution < -0.4 is 5.32 Å². The van der Waals surface area contributed by atoms with Gasteiger partial charge in [0.25, 0.3) is 0 Å². The van der Waals surface area contributed by atoms with Crippen LogP contribution in [0.5, 0.6) is 0 Å². The quantitative estimate of drug-likeness (QED) is 0.779. The zero-order valence-electron chi connectivity index (χ0n) is 9.13. The van der Waals surface area contributed by atoms with E-state index < -0.39 is 0 Å². The summed E-state index contributed by atoms with van der Waals surface area (Å²) in [6.45, 7) is 2.69. The van der Waals surface area contributed by atoms with Crippen LogP contribution in [-0.2, 0) is 16.0 Å². The van der Waals surface area contributed by atoms with E-state index in [0.29, 0.717) is 19.6 Å². The second-order valence-electron chi connectivity index (χ2n) is 3.84. The molecule has 1 aliphatic rings. The van der Waals surface area contributed by atoms with Gasteiger partial charge in [0.1, 0.15) is 5.82 Å². The van der Waals surface area contributed by atoms with Gasteiger partial charge in [-0.1, -0.05) is 6.07 Å². The molecule has 1 aromatic carbocycles. The van der Waals surface area contributed by atoms with Crippen molar-refractivity contribution in [1.29, 1.82) is 0 Å². The van der Waals surface area contributed by atoms with E-state index in [1.807, 2.05) is 0 Å². The van der Waals surface area contributed by atoms with Crippen molar-refractivity contribution in [3.63, 3.8) is 0 Å². The summed E-state index contributed by atoms with van der Waals surface area (Å²) in [6.07, 6.45) is 0.613. The number of rotatable bonds is 2. The highest BCUT2D eigenvalue weighted by Crippen LogP contribution is 2.25. The third kappa shape index (κ3) is 2.15. The van der Waals surface area contributed by atoms with Crippen LogP contribution in [0.3, 0.4) is 0 Å². The maximum atomic E-state index is 12.9. The topological polar surface area (TPSA) is 38.3 Å². The molecule has 0 aromatic heterocycles. The number of carbonyl (C=O) groups excluding carboxylic acids is 1. The van der Waals surface area contributed by atoms with Gasteiger partial charge in [-0.25, -0.2) is 4.39 Å². The third-order valence-corrected chi connectivity index (χ3v) is 2.70. The number of hydrogen-bond donors (Lipinski definition) is 1. The van der Waals surface area contributed by atoms with Gasteiger partial charge in [-0.15, -0.1) is 0 Å². The minimum Gasteiger partial charge on any atom is -0.466 e. The lowest BCUT2D eigenvalue weighted by molar-refractivity contribution is -0.147. The Morgan fingerprint density at radius 3 is 3.19 bits per heavy atom. The first-order valence-electron chi connectivity index (χ1n) is 5.39. The van der Waals surface area contributed by atoms with E-state index in [1.165, 1.54) is 12.1 Å². The molecule has 0 spiro atoms. The molecule has 4 heteroatoms. The first-order valence-corrected chi connectivity index (χ1v) is 5.39. The summed E-state index contributed by atoms with van der Waals surface area (Å²) >= 11 is 0. The van der Waals surface area contributed by atoms with Gasteiger partial charge in [0, 0.05) is 12.2 Å². The molecule has 1 unspecified atom stereocenters. The predicted octanol–water partition coefficient (Wildman–Crippen LogP) is 1.97. The highest BCUT2D eigenvalue weighted by atomic mass is 19.1. The summed E-state index contributed by atoms with van der Waals surface area (Å²) < 4.78 is 17.9. The molecular formula is C12H14FNO2. The lowest BCUT2D eigenvalue weighted by atomic mass is 9.94. The number of benzene rings is 1. The van der Waals surface area contributed by atoms with Crippen LogP contribution in [-0.4, -0.2) is 19.1 Å². The van der Waals surface area contributed by atoms with E-state index in [2.05, 4.69) is 5.32 Å². The molecule has 1 atom stereocenters. The van der Waals surface area contributed by atoms with Crippen molar-refractivity contribution in [1.82, 2.24) is 0 Å². The van der Waals surface area contributed by atoms with Gasteiger partial charge in [-0.3, -0.25) is 4.79 Å². The van der Waals surface area contributed by atoms with Crippen LogP contribution >= 0.6 is 0 Å². The summed E-state index contributed by atoms with van der Waals surface area (Å²) in [4.78, 5) is 11.5. The minimum atomic E-state index is -0.263. The number of esters is 1. The van der Waals surface area contributed by atoms with Crippen LogP contribution in [0.1, 0.15) is 12.5 Å². The molecule has 1 aromatic rings. The van der Waals surface area contributed by atoms with E-state index in [0.717, 1.165) is 11.3 Å². The van der Waals surface area contributed by atoms with Crippen molar-refractivity contribution >= 4 is 11.7 Å². The van der Waals surface area contributed by atoms with Crippen LogP contribution in [0.25, 0.3) is 0 Å². The molecule has 1 N–H and O–H groups in total. The summed E-state index contributed by atoms with van der Waals surface area (Å²) in [5.74, 6) is -0.622. The van der Waals surface area contributed by atoms with Crippen molar-refractivity contribution in [3.8, 4) is 0 Å². The average molecular weight is 223 g/mol. The van der Waals surface area contributed by atoms with Crippen LogP contribution in [0, 0.1) is 11.7 Å². The van der Waals surface area contributed by atoms with Gasteiger partial charge in [-0.2, -0.15) is 0 Å². The number of fused-ring (bicyclic) bond motifs is 1. The fraction of sp³-hybridized carbons (Fsp3) is 0.417. The summed E-state index contributed by atoms with van der Waals surface area (Å²) in [7, 11) is 0. The Labute approximate surface area is 93.6 Å². The number of anilines is 1. The van der Waals surface area contributed by atoms with Crippen molar-refractivity contribution in [2.24, 2.45) is 5.92 Å². The predicted molar refractivity (Wildman–Crippen MR) is 58.7 cm³/mol. The summed E-state index contributed by atoms with van der Waals surface area (Å²) in [5.41, 5.74) is 1.74. The molecule has 0 amide bonds. The molecular weight excluding hydrogens is 209 g/mol. The van der Waals surface area contributed by atoms with Gasteiger partial charge in [0.05, 0.1) is 12.5 Å². The Hall–Kier alpha value is -1.58. The van der Waals surface area contributed by atoms with Crippen molar-refractivity contribution in [3.05, 3.63) is 29.6 Å². The van der Waals surface area contributed by atoms with E-state index in [1.54, 1.807) is 13.0 Å². The third-order valence-electron chi connectivity index (χ3n) is 2.70. The van der Waals surface area contributed by atoms with E-state index in [4.69, 9.17) is 4.74 Å². The highest BCUT2D eigenvalue weighted by Gasteiger charge is 2.25. The molecule has 0 saturated carbocycles. The van der Waals surface area contributed by atoms with Gasteiger partial charge >= 0.3 is 5.97 Å². The molecule has 0 radical (unpaired) electrons. The zero-order valence-corrected chi connectivity index (χ0v) is 9.13.